The Hall–Kier alpha value is -0.910. The fourth-order valence-electron chi connectivity index (χ4n) is 2.29. The Balaban J connectivity index is 2.43. The number of hydrogen-bond donors (Lipinski definition) is 1. The highest BCUT2D eigenvalue weighted by Gasteiger charge is 2.51. The van der Waals surface area contributed by atoms with Crippen LogP contribution >= 0.6 is 18.2 Å². The summed E-state index contributed by atoms with van der Waals surface area (Å²) in [7, 11) is 1.45. The number of carbonyl (C=O) groups excluding carboxylic acids is 1. The third kappa shape index (κ3) is 3.65. The highest BCUT2D eigenvalue weighted by atomic mass is 35.7. The highest BCUT2D eigenvalue weighted by Crippen LogP contribution is 2.50. The second-order valence-corrected chi connectivity index (χ2v) is 7.38. The summed E-state index contributed by atoms with van der Waals surface area (Å²) < 4.78 is 15.8. The van der Waals surface area contributed by atoms with Crippen LogP contribution in [-0.2, 0) is 24.3 Å². The Morgan fingerprint density at radius 1 is 1.43 bits per heavy atom. The second kappa shape index (κ2) is 6.07. The Kier molecular flexibility index (Phi) is 4.76. The van der Waals surface area contributed by atoms with Crippen LogP contribution in [0.2, 0.25) is 0 Å². The fourth-order valence-corrected chi connectivity index (χ4v) is 2.87. The van der Waals surface area contributed by atoms with E-state index in [2.05, 4.69) is 4.52 Å². The van der Waals surface area contributed by atoms with Crippen LogP contribution < -0.4 is 0 Å². The van der Waals surface area contributed by atoms with E-state index in [4.69, 9.17) is 21.0 Å². The summed E-state index contributed by atoms with van der Waals surface area (Å²) in [5, 5.41) is 1.50. The summed E-state index contributed by atoms with van der Waals surface area (Å²) in [6, 6.07) is 8.85. The van der Waals surface area contributed by atoms with Crippen molar-refractivity contribution in [1.82, 2.24) is 5.06 Å². The number of rotatable bonds is 6. The Bertz CT molecular complexity index is 559. The van der Waals surface area contributed by atoms with Crippen molar-refractivity contribution in [3.8, 4) is 0 Å². The van der Waals surface area contributed by atoms with Crippen LogP contribution in [0.5, 0.6) is 0 Å². The zero-order chi connectivity index (χ0) is 15.7. The lowest BCUT2D eigenvalue weighted by Crippen LogP contribution is -2.51. The number of nitrogens with zero attached hydrogens (tertiary/aromatic N) is 1. The second-order valence-electron chi connectivity index (χ2n) is 5.01. The molecular weight excluding hydrogens is 317 g/mol. The first-order chi connectivity index (χ1) is 9.79. The van der Waals surface area contributed by atoms with Crippen LogP contribution in [0, 0.1) is 0 Å². The van der Waals surface area contributed by atoms with Gasteiger partial charge >= 0.3 is 12.9 Å². The van der Waals surface area contributed by atoms with Crippen LogP contribution in [0.25, 0.3) is 0 Å². The first kappa shape index (κ1) is 16.5. The summed E-state index contributed by atoms with van der Waals surface area (Å²) >= 11 is 5.17. The average Bonchev–Trinajstić information content (AvgIpc) is 3.23. The van der Waals surface area contributed by atoms with Gasteiger partial charge in [-0.25, -0.2) is 9.36 Å². The van der Waals surface area contributed by atoms with Gasteiger partial charge < -0.3 is 14.3 Å². The molecule has 6 nitrogen and oxygen atoms in total. The molecule has 1 saturated carbocycles. The van der Waals surface area contributed by atoms with Gasteiger partial charge in [0, 0.05) is 17.3 Å². The van der Waals surface area contributed by atoms with Crippen molar-refractivity contribution in [3.05, 3.63) is 35.9 Å². The quantitative estimate of drug-likeness (QED) is 0.637. The third-order valence-electron chi connectivity index (χ3n) is 3.44. The zero-order valence-corrected chi connectivity index (χ0v) is 13.4. The van der Waals surface area contributed by atoms with Gasteiger partial charge in [0.2, 0.25) is 0 Å². The molecule has 116 valence electrons. The fraction of sp³-hybridized carbons (Fsp3) is 0.462. The topological polar surface area (TPSA) is 76.1 Å². The molecule has 0 amide bonds. The first-order valence-corrected chi connectivity index (χ1v) is 8.92. The lowest BCUT2D eigenvalue weighted by Gasteiger charge is -2.37. The number of hydroxylamine groups is 2. The van der Waals surface area contributed by atoms with E-state index in [1.165, 1.54) is 12.2 Å². The molecule has 2 rings (SSSR count). The number of hydrogen-bond acceptors (Lipinski definition) is 5. The van der Waals surface area contributed by atoms with E-state index in [1.54, 1.807) is 31.2 Å². The van der Waals surface area contributed by atoms with E-state index in [0.717, 1.165) is 12.8 Å². The van der Waals surface area contributed by atoms with Crippen LogP contribution in [0.3, 0.4) is 0 Å². The highest BCUT2D eigenvalue weighted by molar-refractivity contribution is 7.80. The third-order valence-corrected chi connectivity index (χ3v) is 4.04. The smallest absolute Gasteiger partial charge is 0.379 e. The Labute approximate surface area is 127 Å². The molecule has 1 aromatic rings. The minimum absolute atomic E-state index is 0.0566. The molecule has 1 N–H and O–H groups in total. The minimum atomic E-state index is -4.46. The summed E-state index contributed by atoms with van der Waals surface area (Å²) in [4.78, 5) is 26.9. The van der Waals surface area contributed by atoms with E-state index >= 15 is 0 Å². The van der Waals surface area contributed by atoms with Crippen LogP contribution in [-0.4, -0.2) is 29.1 Å². The van der Waals surface area contributed by atoms with Gasteiger partial charge in [-0.15, -0.1) is 0 Å². The lowest BCUT2D eigenvalue weighted by molar-refractivity contribution is -0.218. The van der Waals surface area contributed by atoms with Gasteiger partial charge in [-0.3, -0.25) is 0 Å². The maximum Gasteiger partial charge on any atom is 0.476 e. The molecule has 21 heavy (non-hydrogen) atoms. The molecule has 0 radical (unpaired) electrons. The molecule has 1 aliphatic rings. The van der Waals surface area contributed by atoms with Crippen molar-refractivity contribution in [1.29, 1.82) is 0 Å². The molecular formula is C13H17ClNO5P. The number of benzene rings is 1. The van der Waals surface area contributed by atoms with Gasteiger partial charge in [-0.05, 0) is 25.3 Å². The van der Waals surface area contributed by atoms with Gasteiger partial charge in [0.25, 0.3) is 0 Å². The Morgan fingerprint density at radius 3 is 2.43 bits per heavy atom. The summed E-state index contributed by atoms with van der Waals surface area (Å²) in [5.74, 6) is -0.928. The van der Waals surface area contributed by atoms with Crippen molar-refractivity contribution in [3.63, 3.8) is 0 Å². The van der Waals surface area contributed by atoms with E-state index < -0.39 is 18.5 Å². The molecule has 0 spiro atoms. The predicted octanol–water partition coefficient (Wildman–Crippen LogP) is 2.81. The predicted molar refractivity (Wildman–Crippen MR) is 77.4 cm³/mol. The van der Waals surface area contributed by atoms with Gasteiger partial charge in [0.05, 0.1) is 7.11 Å². The van der Waals surface area contributed by atoms with E-state index in [0.29, 0.717) is 5.56 Å². The van der Waals surface area contributed by atoms with E-state index in [9.17, 15) is 9.36 Å². The van der Waals surface area contributed by atoms with Crippen LogP contribution in [0.1, 0.15) is 25.3 Å². The maximum atomic E-state index is 12.5. The molecule has 0 heterocycles. The van der Waals surface area contributed by atoms with Crippen molar-refractivity contribution < 1.29 is 23.6 Å². The van der Waals surface area contributed by atoms with Crippen molar-refractivity contribution >= 4 is 24.2 Å². The number of halogens is 1. The summed E-state index contributed by atoms with van der Waals surface area (Å²) in [5.41, 5.74) is -0.765. The van der Waals surface area contributed by atoms with Gasteiger partial charge in [0.1, 0.15) is 0 Å². The standard InChI is InChI=1S/C13H17ClNO5P/c1-13(10-6-4-3-5-7-10,12(16)20-21(14,17)18)15(19-2)11-8-9-11/h3-7,11H,8-9H2,1-2H3,(H,17,18)/t13-/m1/s1. The van der Waals surface area contributed by atoms with Gasteiger partial charge in [0.15, 0.2) is 5.54 Å². The van der Waals surface area contributed by atoms with Crippen molar-refractivity contribution in [2.45, 2.75) is 31.3 Å². The van der Waals surface area contributed by atoms with Crippen LogP contribution in [0.15, 0.2) is 30.3 Å². The zero-order valence-electron chi connectivity index (χ0n) is 11.7. The molecule has 1 fully saturated rings. The normalized spacial score (nSPS) is 20.6. The Morgan fingerprint density at radius 2 is 2.00 bits per heavy atom. The maximum absolute atomic E-state index is 12.5. The van der Waals surface area contributed by atoms with Gasteiger partial charge in [-0.2, -0.15) is 5.06 Å². The van der Waals surface area contributed by atoms with Crippen molar-refractivity contribution in [2.75, 3.05) is 7.11 Å². The van der Waals surface area contributed by atoms with E-state index in [1.807, 2.05) is 6.07 Å². The largest absolute Gasteiger partial charge is 0.476 e. The molecule has 0 saturated heterocycles. The molecule has 0 aromatic heterocycles. The van der Waals surface area contributed by atoms with E-state index in [-0.39, 0.29) is 6.04 Å². The molecule has 0 bridgehead atoms. The monoisotopic (exact) mass is 333 g/mol. The summed E-state index contributed by atoms with van der Waals surface area (Å²) in [6.45, 7) is -2.88. The molecule has 1 unspecified atom stereocenters. The van der Waals surface area contributed by atoms with Crippen LogP contribution in [0.4, 0.5) is 0 Å². The van der Waals surface area contributed by atoms with Gasteiger partial charge in [-0.1, -0.05) is 30.3 Å². The summed E-state index contributed by atoms with van der Waals surface area (Å²) in [6.07, 6.45) is 1.75. The number of carbonyl (C=O) groups is 1. The first-order valence-electron chi connectivity index (χ1n) is 6.44. The molecule has 8 heteroatoms. The minimum Gasteiger partial charge on any atom is -0.379 e. The SMILES string of the molecule is CON(C1CC1)[C@@](C)(C(=O)OP(=O)(O)Cl)c1ccccc1. The molecule has 2 atom stereocenters. The molecule has 1 aliphatic carbocycles. The van der Waals surface area contributed by atoms with Crippen molar-refractivity contribution in [2.24, 2.45) is 0 Å². The lowest BCUT2D eigenvalue weighted by atomic mass is 9.91. The molecule has 0 aliphatic heterocycles. The average molecular weight is 334 g/mol. The molecule has 1 aromatic carbocycles.